The van der Waals surface area contributed by atoms with E-state index in [0.29, 0.717) is 28.2 Å². The maximum Gasteiger partial charge on any atom is 0.198 e. The van der Waals surface area contributed by atoms with Crippen LogP contribution in [0.1, 0.15) is 83.0 Å². The number of fused-ring (bicyclic) bond motifs is 1. The van der Waals surface area contributed by atoms with Crippen LogP contribution in [0.15, 0.2) is 119 Å². The van der Waals surface area contributed by atoms with Gasteiger partial charge in [0.05, 0.1) is 5.57 Å². The zero-order valence-corrected chi connectivity index (χ0v) is 25.1. The van der Waals surface area contributed by atoms with E-state index in [4.69, 9.17) is 9.47 Å². The highest BCUT2D eigenvalue weighted by Crippen LogP contribution is 2.39. The molecule has 0 saturated heterocycles. The number of allylic oxidation sites excluding steroid dienone is 15. The maximum absolute atomic E-state index is 13.2. The van der Waals surface area contributed by atoms with E-state index >= 15 is 0 Å². The fraction of sp³-hybridized carbons (Fsp3) is 0.333. The summed E-state index contributed by atoms with van der Waals surface area (Å²) in [6, 6.07) is 6.98. The first-order chi connectivity index (χ1) is 18.6. The lowest BCUT2D eigenvalue weighted by Gasteiger charge is -2.32. The highest BCUT2D eigenvalue weighted by Gasteiger charge is 2.36. The van der Waals surface area contributed by atoms with Crippen molar-refractivity contribution in [3.63, 3.8) is 0 Å². The molecular weight excluding hydrogens is 496 g/mol. The topological polar surface area (TPSA) is 52.6 Å². The Hall–Kier alpha value is -3.92. The van der Waals surface area contributed by atoms with Crippen molar-refractivity contribution in [2.24, 2.45) is 16.2 Å². The van der Waals surface area contributed by atoms with Crippen LogP contribution < -0.4 is 0 Å². The molecule has 0 spiro atoms. The van der Waals surface area contributed by atoms with E-state index in [1.54, 1.807) is 30.3 Å². The van der Waals surface area contributed by atoms with Crippen LogP contribution in [-0.2, 0) is 9.47 Å². The predicted molar refractivity (Wildman–Crippen MR) is 161 cm³/mol. The Kier molecular flexibility index (Phi) is 7.68. The number of benzene rings is 1. The Morgan fingerprint density at radius 2 is 1.10 bits per heavy atom. The summed E-state index contributed by atoms with van der Waals surface area (Å²) in [5, 5.41) is 0. The minimum Gasteiger partial charge on any atom is -0.465 e. The highest BCUT2D eigenvalue weighted by atomic mass is 16.5. The van der Waals surface area contributed by atoms with Crippen LogP contribution in [0.3, 0.4) is 0 Å². The molecule has 0 fully saturated rings. The SMILES string of the molecule is CC(C)(C)C1=CC(=C2C(=O)c3ccccc3C2=O)C=C(/C=C/C=C/C=C2C=C(C(C)(C)C)OC(C(C)(C)C)=C2)O1. The standard InChI is InChI=1S/C36H40O4/c1-34(2,3)28-19-23(20-29(40-28)35(4,5)6)15-11-10-12-16-25-21-24(22-30(39-25)36(7,8)9)31-32(37)26-17-13-14-18-27(26)33(31)38/h10-22H,1-9H3/b11-10+,16-12+. The van der Waals surface area contributed by atoms with Crippen LogP contribution in [0.4, 0.5) is 0 Å². The van der Waals surface area contributed by atoms with Crippen LogP contribution in [0.25, 0.3) is 0 Å². The number of Topliss-reactive ketones (excluding diaryl/α,β-unsaturated/α-hetero) is 2. The lowest BCUT2D eigenvalue weighted by Crippen LogP contribution is -2.21. The first kappa shape index (κ1) is 29.1. The summed E-state index contributed by atoms with van der Waals surface area (Å²) in [7, 11) is 0. The van der Waals surface area contributed by atoms with Gasteiger partial charge in [-0.15, -0.1) is 0 Å². The van der Waals surface area contributed by atoms with E-state index in [-0.39, 0.29) is 33.4 Å². The first-order valence-electron chi connectivity index (χ1n) is 13.8. The second-order valence-electron chi connectivity index (χ2n) is 13.5. The molecule has 3 aliphatic rings. The monoisotopic (exact) mass is 536 g/mol. The lowest BCUT2D eigenvalue weighted by atomic mass is 9.87. The third kappa shape index (κ3) is 6.28. The summed E-state index contributed by atoms with van der Waals surface area (Å²) >= 11 is 0. The van der Waals surface area contributed by atoms with Gasteiger partial charge in [-0.25, -0.2) is 0 Å². The number of carbonyl (C=O) groups is 2. The van der Waals surface area contributed by atoms with Crippen molar-refractivity contribution in [2.45, 2.75) is 62.3 Å². The molecule has 208 valence electrons. The van der Waals surface area contributed by atoms with Gasteiger partial charge in [-0.2, -0.15) is 0 Å². The molecule has 0 bridgehead atoms. The molecule has 4 nitrogen and oxygen atoms in total. The van der Waals surface area contributed by atoms with Gasteiger partial charge in [0, 0.05) is 27.4 Å². The minimum absolute atomic E-state index is 0.105. The second kappa shape index (κ2) is 10.6. The predicted octanol–water partition coefficient (Wildman–Crippen LogP) is 9.14. The number of hydrogen-bond acceptors (Lipinski definition) is 4. The van der Waals surface area contributed by atoms with Gasteiger partial charge >= 0.3 is 0 Å². The van der Waals surface area contributed by atoms with Crippen LogP contribution in [0.5, 0.6) is 0 Å². The van der Waals surface area contributed by atoms with Gasteiger partial charge in [-0.3, -0.25) is 9.59 Å². The number of carbonyl (C=O) groups excluding carboxylic acids is 2. The number of hydrogen-bond donors (Lipinski definition) is 0. The third-order valence-electron chi connectivity index (χ3n) is 6.78. The molecule has 4 heteroatoms. The molecule has 1 aliphatic carbocycles. The number of ketones is 2. The third-order valence-corrected chi connectivity index (χ3v) is 6.78. The highest BCUT2D eigenvalue weighted by molar-refractivity contribution is 6.40. The molecule has 0 atom stereocenters. The van der Waals surface area contributed by atoms with Crippen molar-refractivity contribution in [1.82, 2.24) is 0 Å². The van der Waals surface area contributed by atoms with E-state index in [1.165, 1.54) is 0 Å². The molecule has 0 amide bonds. The van der Waals surface area contributed by atoms with Crippen LogP contribution in [0, 0.1) is 16.2 Å². The van der Waals surface area contributed by atoms with Gasteiger partial charge in [0.25, 0.3) is 0 Å². The van der Waals surface area contributed by atoms with E-state index < -0.39 is 0 Å². The summed E-state index contributed by atoms with van der Waals surface area (Å²) in [5.41, 5.74) is 2.23. The Labute approximate surface area is 238 Å². The molecule has 4 rings (SSSR count). The average molecular weight is 537 g/mol. The summed E-state index contributed by atoms with van der Waals surface area (Å²) in [5.74, 6) is 2.67. The fourth-order valence-corrected chi connectivity index (χ4v) is 4.37. The van der Waals surface area contributed by atoms with Gasteiger partial charge < -0.3 is 9.47 Å². The lowest BCUT2D eigenvalue weighted by molar-refractivity contribution is 0.0987. The van der Waals surface area contributed by atoms with Crippen molar-refractivity contribution in [1.29, 1.82) is 0 Å². The van der Waals surface area contributed by atoms with Crippen molar-refractivity contribution in [2.75, 3.05) is 0 Å². The smallest absolute Gasteiger partial charge is 0.198 e. The van der Waals surface area contributed by atoms with E-state index in [2.05, 4.69) is 59.8 Å². The number of ether oxygens (including phenoxy) is 2. The van der Waals surface area contributed by atoms with Crippen molar-refractivity contribution in [3.8, 4) is 0 Å². The molecule has 1 aromatic rings. The molecule has 2 heterocycles. The van der Waals surface area contributed by atoms with E-state index in [1.807, 2.05) is 51.2 Å². The molecule has 0 N–H and O–H groups in total. The molecular formula is C36H40O4. The Bertz CT molecular complexity index is 1420. The summed E-state index contributed by atoms with van der Waals surface area (Å²) < 4.78 is 12.4. The summed E-state index contributed by atoms with van der Waals surface area (Å²) in [6.45, 7) is 19.0. The Balaban J connectivity index is 1.63. The summed E-state index contributed by atoms with van der Waals surface area (Å²) in [6.07, 6.45) is 17.5. The molecule has 0 radical (unpaired) electrons. The van der Waals surface area contributed by atoms with Crippen molar-refractivity contribution < 1.29 is 19.1 Å². The maximum atomic E-state index is 13.2. The molecule has 0 saturated carbocycles. The van der Waals surface area contributed by atoms with Gasteiger partial charge in [0.1, 0.15) is 23.0 Å². The van der Waals surface area contributed by atoms with Gasteiger partial charge in [-0.05, 0) is 41.5 Å². The first-order valence-corrected chi connectivity index (χ1v) is 13.8. The summed E-state index contributed by atoms with van der Waals surface area (Å²) in [4.78, 5) is 26.3. The van der Waals surface area contributed by atoms with E-state index in [0.717, 1.165) is 17.1 Å². The van der Waals surface area contributed by atoms with Crippen LogP contribution >= 0.6 is 0 Å². The quantitative estimate of drug-likeness (QED) is 0.220. The Morgan fingerprint density at radius 1 is 0.600 bits per heavy atom. The second-order valence-corrected chi connectivity index (χ2v) is 13.5. The average Bonchev–Trinajstić information content (AvgIpc) is 3.12. The zero-order valence-electron chi connectivity index (χ0n) is 25.1. The van der Waals surface area contributed by atoms with Gasteiger partial charge in [0.15, 0.2) is 11.6 Å². The molecule has 40 heavy (non-hydrogen) atoms. The van der Waals surface area contributed by atoms with Gasteiger partial charge in [-0.1, -0.05) is 111 Å². The van der Waals surface area contributed by atoms with Crippen LogP contribution in [0.2, 0.25) is 0 Å². The van der Waals surface area contributed by atoms with Crippen molar-refractivity contribution in [3.05, 3.63) is 130 Å². The molecule has 1 aromatic carbocycles. The Morgan fingerprint density at radius 3 is 1.60 bits per heavy atom. The molecule has 0 unspecified atom stereocenters. The van der Waals surface area contributed by atoms with E-state index in [9.17, 15) is 9.59 Å². The zero-order chi connectivity index (χ0) is 29.5. The molecule has 0 aromatic heterocycles. The van der Waals surface area contributed by atoms with Crippen LogP contribution in [-0.4, -0.2) is 11.6 Å². The normalized spacial score (nSPS) is 18.4. The molecule has 2 aliphatic heterocycles. The minimum atomic E-state index is -0.311. The van der Waals surface area contributed by atoms with Crippen molar-refractivity contribution >= 4 is 11.6 Å². The number of rotatable bonds is 3. The fourth-order valence-electron chi connectivity index (χ4n) is 4.37. The van der Waals surface area contributed by atoms with Gasteiger partial charge in [0.2, 0.25) is 0 Å². The largest absolute Gasteiger partial charge is 0.465 e.